The SMILES string of the molecule is II.OCc1ccc2c(c1)COC2c1ccc(F)cc1. The number of hydrogen-bond acceptors (Lipinski definition) is 2. The number of ether oxygens (including phenoxy) is 1. The lowest BCUT2D eigenvalue weighted by Crippen LogP contribution is -1.98. The Morgan fingerprint density at radius 2 is 1.85 bits per heavy atom. The molecule has 1 unspecified atom stereocenters. The molecule has 20 heavy (non-hydrogen) atoms. The van der Waals surface area contributed by atoms with E-state index in [2.05, 4.69) is 37.2 Å². The highest BCUT2D eigenvalue weighted by molar-refractivity contribution is 15.0. The first kappa shape index (κ1) is 16.1. The maximum Gasteiger partial charge on any atom is 0.123 e. The van der Waals surface area contributed by atoms with Crippen molar-refractivity contribution < 1.29 is 14.2 Å². The Bertz CT molecular complexity index is 573. The zero-order chi connectivity index (χ0) is 14.5. The predicted molar refractivity (Wildman–Crippen MR) is 93.4 cm³/mol. The third-order valence-corrected chi connectivity index (χ3v) is 3.25. The predicted octanol–water partition coefficient (Wildman–Crippen LogP) is 4.71. The van der Waals surface area contributed by atoms with Gasteiger partial charge < -0.3 is 9.84 Å². The molecule has 0 spiro atoms. The molecular formula is C15H13FI2O2. The van der Waals surface area contributed by atoms with Crippen LogP contribution in [-0.2, 0) is 18.0 Å². The minimum Gasteiger partial charge on any atom is -0.392 e. The molecule has 1 aliphatic heterocycles. The fourth-order valence-electron chi connectivity index (χ4n) is 2.31. The van der Waals surface area contributed by atoms with Crippen molar-refractivity contribution in [3.8, 4) is 0 Å². The van der Waals surface area contributed by atoms with Crippen molar-refractivity contribution in [2.24, 2.45) is 0 Å². The molecule has 3 rings (SSSR count). The first-order chi connectivity index (χ1) is 9.78. The zero-order valence-corrected chi connectivity index (χ0v) is 14.8. The van der Waals surface area contributed by atoms with Gasteiger partial charge in [-0.3, -0.25) is 0 Å². The third kappa shape index (κ3) is 3.49. The van der Waals surface area contributed by atoms with Crippen LogP contribution >= 0.6 is 37.2 Å². The third-order valence-electron chi connectivity index (χ3n) is 3.25. The van der Waals surface area contributed by atoms with Gasteiger partial charge in [-0.1, -0.05) is 30.3 Å². The van der Waals surface area contributed by atoms with Crippen LogP contribution < -0.4 is 0 Å². The van der Waals surface area contributed by atoms with Crippen molar-refractivity contribution in [2.45, 2.75) is 19.3 Å². The monoisotopic (exact) mass is 498 g/mol. The number of rotatable bonds is 2. The van der Waals surface area contributed by atoms with Gasteiger partial charge in [0, 0.05) is 37.2 Å². The van der Waals surface area contributed by atoms with E-state index >= 15 is 0 Å². The molecular weight excluding hydrogens is 485 g/mol. The molecule has 1 atom stereocenters. The van der Waals surface area contributed by atoms with E-state index in [1.807, 2.05) is 18.2 Å². The Hall–Kier alpha value is -0.250. The van der Waals surface area contributed by atoms with Gasteiger partial charge in [-0.05, 0) is 34.4 Å². The van der Waals surface area contributed by atoms with E-state index in [4.69, 9.17) is 9.84 Å². The topological polar surface area (TPSA) is 29.5 Å². The van der Waals surface area contributed by atoms with Gasteiger partial charge in [0.1, 0.15) is 11.9 Å². The van der Waals surface area contributed by atoms with Crippen molar-refractivity contribution in [3.63, 3.8) is 0 Å². The van der Waals surface area contributed by atoms with E-state index in [0.717, 1.165) is 22.3 Å². The maximum absolute atomic E-state index is 12.9. The van der Waals surface area contributed by atoms with Crippen LogP contribution in [0.15, 0.2) is 42.5 Å². The van der Waals surface area contributed by atoms with Crippen LogP contribution in [0, 0.1) is 5.82 Å². The Morgan fingerprint density at radius 3 is 2.50 bits per heavy atom. The van der Waals surface area contributed by atoms with E-state index in [9.17, 15) is 4.39 Å². The summed E-state index contributed by atoms with van der Waals surface area (Å²) in [5.41, 5.74) is 4.03. The van der Waals surface area contributed by atoms with E-state index in [1.54, 1.807) is 12.1 Å². The second kappa shape index (κ2) is 7.67. The van der Waals surface area contributed by atoms with Gasteiger partial charge in [-0.15, -0.1) is 0 Å². The highest BCUT2D eigenvalue weighted by Crippen LogP contribution is 2.36. The Kier molecular flexibility index (Phi) is 6.19. The molecule has 106 valence electrons. The molecule has 0 saturated carbocycles. The fourth-order valence-corrected chi connectivity index (χ4v) is 2.31. The van der Waals surface area contributed by atoms with Crippen LogP contribution in [0.3, 0.4) is 0 Å². The first-order valence-electron chi connectivity index (χ1n) is 6.02. The maximum atomic E-state index is 12.9. The molecule has 0 saturated heterocycles. The quantitative estimate of drug-likeness (QED) is 0.609. The molecule has 0 fully saturated rings. The summed E-state index contributed by atoms with van der Waals surface area (Å²) in [6.45, 7) is 0.569. The van der Waals surface area contributed by atoms with Gasteiger partial charge in [-0.25, -0.2) is 4.39 Å². The number of aliphatic hydroxyl groups excluding tert-OH is 1. The van der Waals surface area contributed by atoms with Crippen LogP contribution in [0.5, 0.6) is 0 Å². The number of fused-ring (bicyclic) bond motifs is 1. The summed E-state index contributed by atoms with van der Waals surface area (Å²) in [4.78, 5) is 0. The molecule has 0 radical (unpaired) electrons. The van der Waals surface area contributed by atoms with Gasteiger partial charge in [-0.2, -0.15) is 0 Å². The van der Waals surface area contributed by atoms with Gasteiger partial charge in [0.15, 0.2) is 0 Å². The Balaban J connectivity index is 0.000000704. The standard InChI is InChI=1S/C15H13FO2.I2/c16-13-4-2-11(3-5-13)15-14-6-1-10(8-17)7-12(14)9-18-15;1-2/h1-7,15,17H,8-9H2;. The molecule has 2 aromatic rings. The number of benzene rings is 2. The average molecular weight is 498 g/mol. The molecule has 1 N–H and O–H groups in total. The Labute approximate surface area is 140 Å². The number of halogens is 3. The van der Waals surface area contributed by atoms with Crippen molar-refractivity contribution in [1.29, 1.82) is 0 Å². The van der Waals surface area contributed by atoms with Crippen LogP contribution in [0.1, 0.15) is 28.4 Å². The van der Waals surface area contributed by atoms with E-state index < -0.39 is 0 Å². The minimum absolute atomic E-state index is 0.0362. The van der Waals surface area contributed by atoms with Gasteiger partial charge in [0.2, 0.25) is 0 Å². The lowest BCUT2D eigenvalue weighted by Gasteiger charge is -2.11. The summed E-state index contributed by atoms with van der Waals surface area (Å²) >= 11 is 4.24. The number of aliphatic hydroxyl groups is 1. The molecule has 1 heterocycles. The highest BCUT2D eigenvalue weighted by atomic mass is 128. The summed E-state index contributed by atoms with van der Waals surface area (Å²) in [5.74, 6) is -0.243. The zero-order valence-electron chi connectivity index (χ0n) is 10.5. The minimum atomic E-state index is -0.243. The average Bonchev–Trinajstić information content (AvgIpc) is 2.93. The fraction of sp³-hybridized carbons (Fsp3) is 0.200. The van der Waals surface area contributed by atoms with Crippen LogP contribution in [0.4, 0.5) is 4.39 Å². The van der Waals surface area contributed by atoms with Crippen molar-refractivity contribution >= 4 is 37.2 Å². The van der Waals surface area contributed by atoms with E-state index in [-0.39, 0.29) is 18.5 Å². The summed E-state index contributed by atoms with van der Waals surface area (Å²) in [7, 11) is 0. The van der Waals surface area contributed by atoms with Gasteiger partial charge in [0.05, 0.1) is 13.2 Å². The van der Waals surface area contributed by atoms with Crippen molar-refractivity contribution in [2.75, 3.05) is 0 Å². The summed E-state index contributed by atoms with van der Waals surface area (Å²) in [6.07, 6.45) is -0.131. The first-order valence-corrected chi connectivity index (χ1v) is 12.3. The summed E-state index contributed by atoms with van der Waals surface area (Å²) < 4.78 is 18.6. The van der Waals surface area contributed by atoms with Crippen molar-refractivity contribution in [1.82, 2.24) is 0 Å². The largest absolute Gasteiger partial charge is 0.392 e. The van der Waals surface area contributed by atoms with Crippen LogP contribution in [0.25, 0.3) is 0 Å². The molecule has 0 aromatic heterocycles. The van der Waals surface area contributed by atoms with Crippen LogP contribution in [-0.4, -0.2) is 5.11 Å². The highest BCUT2D eigenvalue weighted by Gasteiger charge is 2.24. The molecule has 0 aliphatic carbocycles. The lowest BCUT2D eigenvalue weighted by atomic mass is 9.98. The van der Waals surface area contributed by atoms with E-state index in [1.165, 1.54) is 12.1 Å². The van der Waals surface area contributed by atoms with Gasteiger partial charge in [0.25, 0.3) is 0 Å². The summed E-state index contributed by atoms with van der Waals surface area (Å²) in [5, 5.41) is 9.10. The normalized spacial score (nSPS) is 16.3. The second-order valence-corrected chi connectivity index (χ2v) is 4.43. The molecule has 2 aromatic carbocycles. The molecule has 2 nitrogen and oxygen atoms in total. The van der Waals surface area contributed by atoms with Crippen LogP contribution in [0.2, 0.25) is 0 Å². The molecule has 1 aliphatic rings. The molecule has 0 amide bonds. The lowest BCUT2D eigenvalue weighted by molar-refractivity contribution is 0.0939. The smallest absolute Gasteiger partial charge is 0.123 e. The van der Waals surface area contributed by atoms with Gasteiger partial charge >= 0.3 is 0 Å². The van der Waals surface area contributed by atoms with Crippen molar-refractivity contribution in [3.05, 3.63) is 70.5 Å². The second-order valence-electron chi connectivity index (χ2n) is 4.43. The van der Waals surface area contributed by atoms with E-state index in [0.29, 0.717) is 6.61 Å². The Morgan fingerprint density at radius 1 is 1.15 bits per heavy atom. The summed E-state index contributed by atoms with van der Waals surface area (Å²) in [6, 6.07) is 12.2. The molecule has 0 bridgehead atoms. The molecule has 5 heteroatoms. The number of hydrogen-bond donors (Lipinski definition) is 1.